The second-order valence-electron chi connectivity index (χ2n) is 13.0. The van der Waals surface area contributed by atoms with E-state index in [-0.39, 0.29) is 0 Å². The first-order chi connectivity index (χ1) is 18.6. The van der Waals surface area contributed by atoms with Crippen LogP contribution in [0.25, 0.3) is 5.57 Å². The van der Waals surface area contributed by atoms with Gasteiger partial charge in [-0.2, -0.15) is 0 Å². The highest BCUT2D eigenvalue weighted by atomic mass is 19.2. The van der Waals surface area contributed by atoms with Gasteiger partial charge in [0.25, 0.3) is 0 Å². The third kappa shape index (κ3) is 8.28. The summed E-state index contributed by atoms with van der Waals surface area (Å²) >= 11 is 0. The molecule has 0 bridgehead atoms. The lowest BCUT2D eigenvalue weighted by atomic mass is 9.70. The number of rotatable bonds is 12. The quantitative estimate of drug-likeness (QED) is 0.188. The summed E-state index contributed by atoms with van der Waals surface area (Å²) in [5, 5.41) is 0. The Morgan fingerprint density at radius 1 is 0.763 bits per heavy atom. The fourth-order valence-corrected chi connectivity index (χ4v) is 7.79. The SMILES string of the molecule is CCCCC[C@H]1CC[C@H](C2CC=C(c3ccc(CCC=C[C@H]4CC[C@H](CCC)CC4)c(F)c3F)CC2)CC1. The Morgan fingerprint density at radius 3 is 2.18 bits per heavy atom. The van der Waals surface area contributed by atoms with Crippen LogP contribution in [-0.4, -0.2) is 0 Å². The van der Waals surface area contributed by atoms with Crippen molar-refractivity contribution in [2.75, 3.05) is 0 Å². The number of halogens is 2. The summed E-state index contributed by atoms with van der Waals surface area (Å²) < 4.78 is 30.1. The van der Waals surface area contributed by atoms with E-state index in [1.54, 1.807) is 0 Å². The molecule has 0 heterocycles. The Hall–Kier alpha value is -1.44. The Labute approximate surface area is 232 Å². The first-order valence-corrected chi connectivity index (χ1v) is 16.4. The van der Waals surface area contributed by atoms with E-state index in [9.17, 15) is 0 Å². The Bertz CT molecular complexity index is 896. The van der Waals surface area contributed by atoms with Crippen LogP contribution in [-0.2, 0) is 6.42 Å². The smallest absolute Gasteiger partial charge is 0.166 e. The molecule has 4 rings (SSSR count). The lowest BCUT2D eigenvalue weighted by Gasteiger charge is -2.35. The summed E-state index contributed by atoms with van der Waals surface area (Å²) in [6, 6.07) is 3.68. The van der Waals surface area contributed by atoms with Gasteiger partial charge in [-0.25, -0.2) is 8.78 Å². The van der Waals surface area contributed by atoms with Crippen LogP contribution in [0, 0.1) is 41.2 Å². The molecule has 2 saturated carbocycles. The van der Waals surface area contributed by atoms with Crippen LogP contribution < -0.4 is 0 Å². The highest BCUT2D eigenvalue weighted by molar-refractivity contribution is 5.67. The first-order valence-electron chi connectivity index (χ1n) is 16.4. The highest BCUT2D eigenvalue weighted by Gasteiger charge is 2.29. The van der Waals surface area contributed by atoms with Crippen molar-refractivity contribution in [1.82, 2.24) is 0 Å². The van der Waals surface area contributed by atoms with Crippen molar-refractivity contribution in [1.29, 1.82) is 0 Å². The molecular formula is C36H54F2. The maximum absolute atomic E-state index is 15.1. The van der Waals surface area contributed by atoms with Crippen LogP contribution in [0.2, 0.25) is 0 Å². The molecule has 2 heteroatoms. The predicted molar refractivity (Wildman–Crippen MR) is 159 cm³/mol. The highest BCUT2D eigenvalue weighted by Crippen LogP contribution is 2.42. The third-order valence-corrected chi connectivity index (χ3v) is 10.3. The van der Waals surface area contributed by atoms with Gasteiger partial charge in [0.15, 0.2) is 11.6 Å². The molecule has 38 heavy (non-hydrogen) atoms. The lowest BCUT2D eigenvalue weighted by molar-refractivity contribution is 0.187. The van der Waals surface area contributed by atoms with Gasteiger partial charge >= 0.3 is 0 Å². The lowest BCUT2D eigenvalue weighted by Crippen LogP contribution is -2.23. The van der Waals surface area contributed by atoms with Gasteiger partial charge in [-0.05, 0) is 111 Å². The number of hydrogen-bond donors (Lipinski definition) is 0. The van der Waals surface area contributed by atoms with E-state index in [0.717, 1.165) is 54.9 Å². The molecule has 0 aliphatic heterocycles. The van der Waals surface area contributed by atoms with Crippen molar-refractivity contribution in [3.8, 4) is 0 Å². The normalized spacial score (nSPS) is 28.5. The number of hydrogen-bond acceptors (Lipinski definition) is 0. The predicted octanol–water partition coefficient (Wildman–Crippen LogP) is 11.6. The van der Waals surface area contributed by atoms with E-state index in [4.69, 9.17) is 0 Å². The van der Waals surface area contributed by atoms with E-state index >= 15 is 8.78 Å². The van der Waals surface area contributed by atoms with Gasteiger partial charge in [0, 0.05) is 5.56 Å². The second-order valence-corrected chi connectivity index (χ2v) is 13.0. The molecule has 0 amide bonds. The number of benzene rings is 1. The summed E-state index contributed by atoms with van der Waals surface area (Å²) in [5.41, 5.74) is 2.05. The van der Waals surface area contributed by atoms with Crippen molar-refractivity contribution >= 4 is 5.57 Å². The van der Waals surface area contributed by atoms with E-state index in [2.05, 4.69) is 32.1 Å². The molecule has 0 aromatic heterocycles. The van der Waals surface area contributed by atoms with Crippen LogP contribution >= 0.6 is 0 Å². The zero-order valence-electron chi connectivity index (χ0n) is 24.5. The molecule has 212 valence electrons. The molecule has 1 atom stereocenters. The van der Waals surface area contributed by atoms with Crippen molar-refractivity contribution in [2.45, 2.75) is 136 Å². The fourth-order valence-electron chi connectivity index (χ4n) is 7.79. The van der Waals surface area contributed by atoms with Crippen LogP contribution in [0.15, 0.2) is 30.4 Å². The monoisotopic (exact) mass is 524 g/mol. The van der Waals surface area contributed by atoms with E-state index in [1.807, 2.05) is 12.1 Å². The Morgan fingerprint density at radius 2 is 1.50 bits per heavy atom. The summed E-state index contributed by atoms with van der Waals surface area (Å²) in [4.78, 5) is 0. The summed E-state index contributed by atoms with van der Waals surface area (Å²) in [6.45, 7) is 4.57. The van der Waals surface area contributed by atoms with Gasteiger partial charge in [0.05, 0.1) is 0 Å². The van der Waals surface area contributed by atoms with Gasteiger partial charge in [-0.15, -0.1) is 0 Å². The molecule has 0 nitrogen and oxygen atoms in total. The zero-order valence-corrected chi connectivity index (χ0v) is 24.5. The molecule has 3 aliphatic rings. The summed E-state index contributed by atoms with van der Waals surface area (Å²) in [6.07, 6.45) is 30.2. The standard InChI is InChI=1S/C36H54F2/c1-3-5-6-10-29-17-19-30(20-18-29)31-21-23-32(24-22-31)34-26-25-33(35(37)36(34)38)12-8-7-11-28-15-13-27(9-4-2)14-16-28/h7,11,23,25-31H,3-6,8-10,12-22,24H2,1-2H3/t27-,28-,29-,30-,31?. The Balaban J connectivity index is 1.23. The molecule has 0 spiro atoms. The van der Waals surface area contributed by atoms with Crippen molar-refractivity contribution in [3.63, 3.8) is 0 Å². The molecule has 3 aliphatic carbocycles. The molecule has 2 fully saturated rings. The number of allylic oxidation sites excluding steroid dienone is 4. The molecule has 1 aromatic carbocycles. The summed E-state index contributed by atoms with van der Waals surface area (Å²) in [5.74, 6) is 2.86. The molecular weight excluding hydrogens is 470 g/mol. The maximum Gasteiger partial charge on any atom is 0.166 e. The molecule has 1 unspecified atom stereocenters. The largest absolute Gasteiger partial charge is 0.203 e. The van der Waals surface area contributed by atoms with Gasteiger partial charge in [-0.3, -0.25) is 0 Å². The van der Waals surface area contributed by atoms with E-state index in [1.165, 1.54) is 89.9 Å². The van der Waals surface area contributed by atoms with Gasteiger partial charge < -0.3 is 0 Å². The average Bonchev–Trinajstić information content (AvgIpc) is 2.95. The average molecular weight is 525 g/mol. The van der Waals surface area contributed by atoms with Gasteiger partial charge in [-0.1, -0.05) is 95.6 Å². The second kappa shape index (κ2) is 15.4. The molecule has 0 saturated heterocycles. The van der Waals surface area contributed by atoms with Crippen LogP contribution in [0.4, 0.5) is 8.78 Å². The molecule has 0 N–H and O–H groups in total. The topological polar surface area (TPSA) is 0 Å². The molecule has 0 radical (unpaired) electrons. The minimum Gasteiger partial charge on any atom is -0.203 e. The fraction of sp³-hybridized carbons (Fsp3) is 0.722. The van der Waals surface area contributed by atoms with E-state index in [0.29, 0.717) is 23.5 Å². The number of aryl methyl sites for hydroxylation is 1. The van der Waals surface area contributed by atoms with Gasteiger partial charge in [0.2, 0.25) is 0 Å². The maximum atomic E-state index is 15.1. The van der Waals surface area contributed by atoms with Crippen molar-refractivity contribution < 1.29 is 8.78 Å². The molecule has 1 aromatic rings. The van der Waals surface area contributed by atoms with Crippen LogP contribution in [0.3, 0.4) is 0 Å². The third-order valence-electron chi connectivity index (χ3n) is 10.3. The zero-order chi connectivity index (χ0) is 26.7. The van der Waals surface area contributed by atoms with Crippen LogP contribution in [0.5, 0.6) is 0 Å². The minimum atomic E-state index is -0.627. The number of unbranched alkanes of at least 4 members (excludes halogenated alkanes) is 2. The van der Waals surface area contributed by atoms with Crippen LogP contribution in [0.1, 0.15) is 141 Å². The van der Waals surface area contributed by atoms with E-state index < -0.39 is 11.6 Å². The summed E-state index contributed by atoms with van der Waals surface area (Å²) in [7, 11) is 0. The first kappa shape index (κ1) is 29.5. The van der Waals surface area contributed by atoms with Crippen molar-refractivity contribution in [3.05, 3.63) is 53.1 Å². The minimum absolute atomic E-state index is 0.503. The van der Waals surface area contributed by atoms with Crippen molar-refractivity contribution in [2.24, 2.45) is 29.6 Å². The Kier molecular flexibility index (Phi) is 12.0. The van der Waals surface area contributed by atoms with Gasteiger partial charge in [0.1, 0.15) is 0 Å².